The summed E-state index contributed by atoms with van der Waals surface area (Å²) in [5, 5.41) is 0. The molecule has 0 unspecified atom stereocenters. The van der Waals surface area contributed by atoms with Crippen molar-refractivity contribution in [2.45, 2.75) is 0 Å². The molecule has 2 radical (unpaired) electrons. The first-order valence-corrected chi connectivity index (χ1v) is 2.15. The summed E-state index contributed by atoms with van der Waals surface area (Å²) in [5.41, 5.74) is 0. The number of thiol groups is 1. The van der Waals surface area contributed by atoms with E-state index in [9.17, 15) is 0 Å². The Kier molecular flexibility index (Phi) is 3.43. The van der Waals surface area contributed by atoms with Crippen LogP contribution in [0, 0.1) is 0 Å². The molecular weight excluding hydrogens is 96.6 g/mol. The van der Waals surface area contributed by atoms with Gasteiger partial charge in [0, 0.05) is 0 Å². The zero-order valence-electron chi connectivity index (χ0n) is 2.59. The molecule has 0 N–H and O–H groups in total. The van der Waals surface area contributed by atoms with Crippen molar-refractivity contribution in [3.05, 3.63) is 0 Å². The van der Waals surface area contributed by atoms with Crippen LogP contribution in [0.3, 0.4) is 0 Å². The van der Waals surface area contributed by atoms with Gasteiger partial charge in [0.1, 0.15) is 0 Å². The summed E-state index contributed by atoms with van der Waals surface area (Å²) < 4.78 is 0. The van der Waals surface area contributed by atoms with Gasteiger partial charge >= 0.3 is 44.1 Å². The van der Waals surface area contributed by atoms with Gasteiger partial charge in [-0.05, 0) is 0 Å². The third kappa shape index (κ3) is 4.76. The van der Waals surface area contributed by atoms with Crippen molar-refractivity contribution in [3.8, 4) is 0 Å². The summed E-state index contributed by atoms with van der Waals surface area (Å²) in [4.78, 5) is 0. The second-order valence-electron chi connectivity index (χ2n) is 0.627. The van der Waals surface area contributed by atoms with Crippen LogP contribution < -0.4 is 0 Å². The molecule has 0 saturated heterocycles. The van der Waals surface area contributed by atoms with E-state index < -0.39 is 0 Å². The number of hydrogen-bond donors (Lipinski definition) is 1. The summed E-state index contributed by atoms with van der Waals surface area (Å²) in [6.07, 6.45) is 0. The molecular formula is HB3S2. The fourth-order valence-corrected chi connectivity index (χ4v) is 0. The average Bonchev–Trinajstić information content (AvgIpc) is 1.38. The van der Waals surface area contributed by atoms with Gasteiger partial charge in [-0.3, -0.25) is 0 Å². The van der Waals surface area contributed by atoms with Gasteiger partial charge in [0.05, 0.1) is 0 Å². The first kappa shape index (κ1) is 5.76. The quantitative estimate of drug-likeness (QED) is 0.352. The molecule has 0 rings (SSSR count). The second-order valence-corrected chi connectivity index (χ2v) is 1.50. The Morgan fingerprint density at radius 2 is 2.20 bits per heavy atom. The normalized spacial score (nSPS) is 5.80. The van der Waals surface area contributed by atoms with Gasteiger partial charge in [0.15, 0.2) is 0 Å². The second kappa shape index (κ2) is 2.97. The Hall–Kier alpha value is 0.765. The van der Waals surface area contributed by atoms with Gasteiger partial charge in [-0.2, -0.15) is 0 Å². The van der Waals surface area contributed by atoms with Gasteiger partial charge in [0.2, 0.25) is 0 Å². The van der Waals surface area contributed by atoms with Crippen molar-refractivity contribution in [1.29, 1.82) is 0 Å². The van der Waals surface area contributed by atoms with Crippen LogP contribution in [-0.4, -0.2) is 19.6 Å². The number of hydrogen-bond acceptors (Lipinski definition) is 2. The van der Waals surface area contributed by atoms with E-state index >= 15 is 0 Å². The molecule has 22 valence electrons. The molecule has 0 aliphatic carbocycles. The van der Waals surface area contributed by atoms with Crippen molar-refractivity contribution in [3.63, 3.8) is 0 Å². The van der Waals surface area contributed by atoms with Crippen LogP contribution in [0.4, 0.5) is 0 Å². The van der Waals surface area contributed by atoms with Gasteiger partial charge in [-0.15, -0.1) is 0 Å². The third-order valence-corrected chi connectivity index (χ3v) is 0.783. The van der Waals surface area contributed by atoms with E-state index in [4.69, 9.17) is 7.74 Å². The van der Waals surface area contributed by atoms with Crippen LogP contribution in [0.15, 0.2) is 0 Å². The van der Waals surface area contributed by atoms with Crippen LogP contribution in [0.2, 0.25) is 0 Å². The summed E-state index contributed by atoms with van der Waals surface area (Å²) >= 11 is 8.07. The van der Waals surface area contributed by atoms with Gasteiger partial charge < -0.3 is 0 Å². The standard InChI is InChI=1S/B3HS2/c1-3(5)2-4/h5H. The first-order valence-electron chi connectivity index (χ1n) is 1.16. The molecule has 0 spiro atoms. The maximum absolute atomic E-state index is 5.00. The topological polar surface area (TPSA) is 0 Å². The Morgan fingerprint density at radius 1 is 2.00 bits per heavy atom. The van der Waals surface area contributed by atoms with E-state index in [-0.39, 0.29) is 5.77 Å². The van der Waals surface area contributed by atoms with Crippen LogP contribution in [0.5, 0.6) is 0 Å². The van der Waals surface area contributed by atoms with Crippen molar-refractivity contribution in [2.75, 3.05) is 0 Å². The Balaban J connectivity index is 2.83. The Labute approximate surface area is 44.6 Å². The van der Waals surface area contributed by atoms with Crippen molar-refractivity contribution in [2.24, 2.45) is 0 Å². The van der Waals surface area contributed by atoms with Crippen molar-refractivity contribution >= 4 is 44.1 Å². The molecule has 0 saturated carbocycles. The zero-order chi connectivity index (χ0) is 4.28. The molecule has 5 heteroatoms. The van der Waals surface area contributed by atoms with E-state index in [0.29, 0.717) is 0 Å². The van der Waals surface area contributed by atoms with Crippen LogP contribution >= 0.6 is 24.5 Å². The van der Waals surface area contributed by atoms with Crippen molar-refractivity contribution in [1.82, 2.24) is 0 Å². The van der Waals surface area contributed by atoms with E-state index in [0.717, 1.165) is 0 Å². The molecule has 5 heavy (non-hydrogen) atoms. The van der Waals surface area contributed by atoms with E-state index in [1.165, 1.54) is 6.05 Å². The average molecular weight is 97.6 g/mol. The van der Waals surface area contributed by atoms with Crippen LogP contribution in [0.1, 0.15) is 0 Å². The SMILES string of the molecule is [B]B(S)B=S. The van der Waals surface area contributed by atoms with Crippen molar-refractivity contribution < 1.29 is 0 Å². The predicted molar refractivity (Wildman–Crippen MR) is 33.8 cm³/mol. The maximum atomic E-state index is 5.00. The molecule has 0 heterocycles. The zero-order valence-corrected chi connectivity index (χ0v) is 4.30. The fraction of sp³-hybridized carbons (Fsp3) is 0. The molecule has 0 amide bonds. The Bertz CT molecular complexity index is 31.9. The van der Waals surface area contributed by atoms with Gasteiger partial charge in [-0.1, -0.05) is 0 Å². The summed E-state index contributed by atoms with van der Waals surface area (Å²) in [5.74, 6) is -0.231. The third-order valence-electron chi connectivity index (χ3n) is 0.139. The molecule has 0 aromatic heterocycles. The number of rotatable bonds is 1. The summed E-state index contributed by atoms with van der Waals surface area (Å²) in [6.45, 7) is 0. The molecule has 0 bridgehead atoms. The van der Waals surface area contributed by atoms with E-state index in [1.807, 2.05) is 0 Å². The van der Waals surface area contributed by atoms with Gasteiger partial charge in [0.25, 0.3) is 0 Å². The molecule has 0 fully saturated rings. The van der Waals surface area contributed by atoms with E-state index in [2.05, 4.69) is 24.5 Å². The monoisotopic (exact) mass is 98.0 g/mol. The Morgan fingerprint density at radius 3 is 2.20 bits per heavy atom. The fourth-order valence-electron chi connectivity index (χ4n) is 0. The molecule has 0 nitrogen and oxygen atoms in total. The molecule has 0 aliphatic heterocycles. The van der Waals surface area contributed by atoms with Crippen LogP contribution in [0.25, 0.3) is 0 Å². The summed E-state index contributed by atoms with van der Waals surface area (Å²) in [7, 11) is 5.00. The van der Waals surface area contributed by atoms with Gasteiger partial charge in [-0.25, -0.2) is 0 Å². The molecule has 0 aromatic rings. The van der Waals surface area contributed by atoms with E-state index in [1.54, 1.807) is 0 Å². The predicted octanol–water partition coefficient (Wildman–Crippen LogP) is -0.114. The molecule has 0 aliphatic rings. The van der Waals surface area contributed by atoms with Crippen LogP contribution in [-0.2, 0) is 0 Å². The minimum absolute atomic E-state index is 0.231. The minimum atomic E-state index is -0.231. The molecule has 0 atom stereocenters. The molecule has 0 aromatic carbocycles. The summed E-state index contributed by atoms with van der Waals surface area (Å²) in [6, 6.07) is 1.39. The first-order chi connectivity index (χ1) is 2.27.